The maximum absolute atomic E-state index is 13.0. The van der Waals surface area contributed by atoms with Crippen LogP contribution in [0, 0.1) is 0 Å². The Balaban J connectivity index is 4.15. The number of quaternary nitrogens is 1. The van der Waals surface area contributed by atoms with Gasteiger partial charge >= 0.3 is 7.82 Å². The molecular weight excluding hydrogens is 948 g/mol. The molecule has 3 atom stereocenters. The molecule has 1 amide bonds. The quantitative estimate of drug-likeness (QED) is 0.0243. The number of likely N-dealkylation sites (N-methyl/N-ethyl adjacent to an activating group) is 1. The number of aliphatic hydroxyl groups excluding tert-OH is 1. The molecule has 0 radical (unpaired) electrons. The van der Waals surface area contributed by atoms with Gasteiger partial charge in [-0.3, -0.25) is 13.8 Å². The first-order valence-corrected chi connectivity index (χ1v) is 34.0. The highest BCUT2D eigenvalue weighted by molar-refractivity contribution is 7.47. The number of amides is 1. The Morgan fingerprint density at radius 2 is 0.773 bits per heavy atom. The minimum atomic E-state index is -4.36. The molecule has 0 aliphatic rings. The third kappa shape index (κ3) is 60.0. The lowest BCUT2D eigenvalue weighted by Gasteiger charge is -2.25. The molecule has 0 fully saturated rings. The maximum Gasteiger partial charge on any atom is 0.472 e. The van der Waals surface area contributed by atoms with Gasteiger partial charge in [-0.15, -0.1) is 0 Å². The predicted octanol–water partition coefficient (Wildman–Crippen LogP) is 20.3. The molecule has 0 aromatic carbocycles. The Labute approximate surface area is 467 Å². The molecule has 0 spiro atoms. The Morgan fingerprint density at radius 3 is 1.15 bits per heavy atom. The SMILES string of the molecule is CCCCCCC/C=C\C/C=C\CCCCCCCCCCCCCC(=O)NC(COP(=O)(O)OCC[N+](C)(C)C)C(O)/C=C/CC/C=C/CCCCCCCCCCCCCCCCCCCCCCCCCC. The number of nitrogens with zero attached hydrogens (tertiary/aromatic N) is 1. The third-order valence-electron chi connectivity index (χ3n) is 14.8. The van der Waals surface area contributed by atoms with E-state index >= 15 is 0 Å². The molecule has 3 N–H and O–H groups in total. The molecule has 0 aliphatic carbocycles. The zero-order chi connectivity index (χ0) is 54.9. The third-order valence-corrected chi connectivity index (χ3v) is 15.8. The predicted molar refractivity (Wildman–Crippen MR) is 327 cm³/mol. The van der Waals surface area contributed by atoms with Crippen LogP contribution >= 0.6 is 7.82 Å². The Morgan fingerprint density at radius 1 is 0.453 bits per heavy atom. The molecule has 0 rings (SSSR count). The number of phosphoric ester groups is 1. The normalized spacial score (nSPS) is 14.1. The summed E-state index contributed by atoms with van der Waals surface area (Å²) in [4.78, 5) is 23.4. The van der Waals surface area contributed by atoms with Crippen molar-refractivity contribution < 1.29 is 32.9 Å². The molecule has 9 heteroatoms. The summed E-state index contributed by atoms with van der Waals surface area (Å²) in [6.07, 6.45) is 76.7. The largest absolute Gasteiger partial charge is 0.472 e. The van der Waals surface area contributed by atoms with Gasteiger partial charge in [-0.25, -0.2) is 4.57 Å². The van der Waals surface area contributed by atoms with Gasteiger partial charge in [0.2, 0.25) is 5.91 Å². The van der Waals surface area contributed by atoms with Crippen LogP contribution in [0.3, 0.4) is 0 Å². The topological polar surface area (TPSA) is 105 Å². The summed E-state index contributed by atoms with van der Waals surface area (Å²) in [5, 5.41) is 14.0. The van der Waals surface area contributed by atoms with E-state index in [2.05, 4.69) is 55.6 Å². The molecule has 442 valence electrons. The van der Waals surface area contributed by atoms with E-state index in [0.29, 0.717) is 17.4 Å². The van der Waals surface area contributed by atoms with E-state index in [1.54, 1.807) is 6.08 Å². The van der Waals surface area contributed by atoms with E-state index in [1.165, 1.54) is 250 Å². The number of unbranched alkanes of at least 4 members (excludes halogenated alkanes) is 41. The van der Waals surface area contributed by atoms with Gasteiger partial charge in [0, 0.05) is 6.42 Å². The number of rotatable bonds is 60. The van der Waals surface area contributed by atoms with Crippen LogP contribution in [-0.4, -0.2) is 73.4 Å². The second-order valence-electron chi connectivity index (χ2n) is 23.5. The van der Waals surface area contributed by atoms with E-state index < -0.39 is 20.0 Å². The van der Waals surface area contributed by atoms with Crippen molar-refractivity contribution in [1.82, 2.24) is 5.32 Å². The van der Waals surface area contributed by atoms with E-state index in [0.717, 1.165) is 44.9 Å². The highest BCUT2D eigenvalue weighted by Crippen LogP contribution is 2.43. The van der Waals surface area contributed by atoms with E-state index in [1.807, 2.05) is 27.2 Å². The van der Waals surface area contributed by atoms with Gasteiger partial charge in [0.25, 0.3) is 0 Å². The van der Waals surface area contributed by atoms with E-state index in [-0.39, 0.29) is 19.1 Å². The van der Waals surface area contributed by atoms with Gasteiger partial charge in [-0.05, 0) is 64.2 Å². The lowest BCUT2D eigenvalue weighted by molar-refractivity contribution is -0.870. The van der Waals surface area contributed by atoms with Crippen LogP contribution in [0.1, 0.15) is 316 Å². The highest BCUT2D eigenvalue weighted by Gasteiger charge is 2.27. The van der Waals surface area contributed by atoms with Gasteiger partial charge in [0.05, 0.1) is 39.9 Å². The van der Waals surface area contributed by atoms with Crippen LogP contribution in [0.4, 0.5) is 0 Å². The molecule has 0 aliphatic heterocycles. The average Bonchev–Trinajstić information content (AvgIpc) is 3.37. The second kappa shape index (κ2) is 57.2. The molecule has 0 saturated carbocycles. The Hall–Kier alpha value is -1.54. The molecule has 0 bridgehead atoms. The van der Waals surface area contributed by atoms with Crippen molar-refractivity contribution in [2.45, 2.75) is 328 Å². The minimum Gasteiger partial charge on any atom is -0.387 e. The number of carbonyl (C=O) groups is 1. The second-order valence-corrected chi connectivity index (χ2v) is 24.9. The zero-order valence-electron chi connectivity index (χ0n) is 50.6. The minimum absolute atomic E-state index is 0.0555. The number of phosphoric acid groups is 1. The molecule has 0 saturated heterocycles. The van der Waals surface area contributed by atoms with Crippen LogP contribution in [-0.2, 0) is 18.4 Å². The number of allylic oxidation sites excluding steroid dienone is 7. The zero-order valence-corrected chi connectivity index (χ0v) is 51.4. The summed E-state index contributed by atoms with van der Waals surface area (Å²) in [6, 6.07) is -0.867. The van der Waals surface area contributed by atoms with Gasteiger partial charge < -0.3 is 19.8 Å². The molecule has 0 heterocycles. The first kappa shape index (κ1) is 73.5. The number of hydrogen-bond donors (Lipinski definition) is 3. The van der Waals surface area contributed by atoms with Crippen molar-refractivity contribution in [1.29, 1.82) is 0 Å². The summed E-state index contributed by atoms with van der Waals surface area (Å²) in [6.45, 7) is 4.82. The summed E-state index contributed by atoms with van der Waals surface area (Å²) in [7, 11) is 1.56. The molecular formula is C66H128N2O6P+. The van der Waals surface area contributed by atoms with Crippen molar-refractivity contribution in [2.75, 3.05) is 40.9 Å². The van der Waals surface area contributed by atoms with Crippen LogP contribution in [0.15, 0.2) is 48.6 Å². The van der Waals surface area contributed by atoms with Gasteiger partial charge in [-0.2, -0.15) is 0 Å². The van der Waals surface area contributed by atoms with E-state index in [4.69, 9.17) is 9.05 Å². The summed E-state index contributed by atoms with van der Waals surface area (Å²) in [5.41, 5.74) is 0. The fourth-order valence-electron chi connectivity index (χ4n) is 9.68. The Bertz CT molecular complexity index is 1360. The summed E-state index contributed by atoms with van der Waals surface area (Å²) < 4.78 is 23.8. The standard InChI is InChI=1S/C66H127N2O6P/c1-6-8-10-12-14-16-18-20-22-24-26-28-30-31-32-33-34-35-36-38-39-41-43-45-47-49-51-53-55-57-59-65(69)64(63-74-75(71,72)73-62-61-68(3,4)5)67-66(70)60-58-56-54-52-50-48-46-44-42-40-37-29-27-25-23-21-19-17-15-13-11-9-7-2/h19,21,25,27,49,51,57,59,64-65,69H,6-18,20,22-24,26,28-48,50,52-56,58,60-63H2,1-5H3,(H-,67,70,71,72)/p+1/b21-19-,27-25-,51-49+,59-57+. The summed E-state index contributed by atoms with van der Waals surface area (Å²) >= 11 is 0. The first-order chi connectivity index (χ1) is 36.5. The average molecular weight is 1080 g/mol. The van der Waals surface area contributed by atoms with Crippen LogP contribution in [0.25, 0.3) is 0 Å². The van der Waals surface area contributed by atoms with Gasteiger partial charge in [0.15, 0.2) is 0 Å². The van der Waals surface area contributed by atoms with Crippen LogP contribution in [0.2, 0.25) is 0 Å². The van der Waals surface area contributed by atoms with E-state index in [9.17, 15) is 19.4 Å². The van der Waals surface area contributed by atoms with Crippen LogP contribution < -0.4 is 5.32 Å². The smallest absolute Gasteiger partial charge is 0.387 e. The van der Waals surface area contributed by atoms with Gasteiger partial charge in [-0.1, -0.05) is 294 Å². The monoisotopic (exact) mass is 1080 g/mol. The fourth-order valence-corrected chi connectivity index (χ4v) is 10.4. The molecule has 75 heavy (non-hydrogen) atoms. The van der Waals surface area contributed by atoms with Gasteiger partial charge in [0.1, 0.15) is 13.2 Å². The highest BCUT2D eigenvalue weighted by atomic mass is 31.2. The molecule has 8 nitrogen and oxygen atoms in total. The summed E-state index contributed by atoms with van der Waals surface area (Å²) in [5.74, 6) is -0.186. The molecule has 3 unspecified atom stereocenters. The van der Waals surface area contributed by atoms with Crippen LogP contribution in [0.5, 0.6) is 0 Å². The van der Waals surface area contributed by atoms with Crippen molar-refractivity contribution >= 4 is 13.7 Å². The van der Waals surface area contributed by atoms with Crippen molar-refractivity contribution in [3.8, 4) is 0 Å². The Kier molecular flexibility index (Phi) is 56.0. The number of hydrogen-bond acceptors (Lipinski definition) is 5. The fraction of sp³-hybridized carbons (Fsp3) is 0.864. The van der Waals surface area contributed by atoms with Crippen molar-refractivity contribution in [2.24, 2.45) is 0 Å². The molecule has 0 aromatic heterocycles. The van der Waals surface area contributed by atoms with Crippen molar-refractivity contribution in [3.63, 3.8) is 0 Å². The first-order valence-electron chi connectivity index (χ1n) is 32.5. The lowest BCUT2D eigenvalue weighted by Crippen LogP contribution is -2.45. The number of carbonyl (C=O) groups excluding carboxylic acids is 1. The lowest BCUT2D eigenvalue weighted by atomic mass is 10.0. The molecule has 0 aromatic rings. The maximum atomic E-state index is 13.0. The number of aliphatic hydroxyl groups is 1. The number of nitrogens with one attached hydrogen (secondary N) is 1. The van der Waals surface area contributed by atoms with Crippen molar-refractivity contribution in [3.05, 3.63) is 48.6 Å².